The molecule has 30 heavy (non-hydrogen) atoms. The minimum absolute atomic E-state index is 0.165. The van der Waals surface area contributed by atoms with Crippen molar-refractivity contribution in [2.24, 2.45) is 14.1 Å². The Morgan fingerprint density at radius 2 is 1.60 bits per heavy atom. The number of fused-ring (bicyclic) bond motifs is 1. The predicted octanol–water partition coefficient (Wildman–Crippen LogP) is 1.19. The maximum atomic E-state index is 12.2. The number of aromatic nitrogens is 2. The molecule has 0 saturated heterocycles. The molecule has 0 fully saturated rings. The zero-order valence-corrected chi connectivity index (χ0v) is 17.3. The molecule has 3 aromatic rings. The Morgan fingerprint density at radius 3 is 2.30 bits per heavy atom. The van der Waals surface area contributed by atoms with Crippen LogP contribution in [0.2, 0.25) is 0 Å². The summed E-state index contributed by atoms with van der Waals surface area (Å²) in [6.45, 7) is 0.286. The number of hydrogen-bond acceptors (Lipinski definition) is 5. The molecule has 0 atom stereocenters. The smallest absolute Gasteiger partial charge is 0.328 e. The molecule has 0 aliphatic heterocycles. The first kappa shape index (κ1) is 21.0. The predicted molar refractivity (Wildman–Crippen MR) is 113 cm³/mol. The van der Waals surface area contributed by atoms with Gasteiger partial charge in [-0.05, 0) is 42.3 Å². The van der Waals surface area contributed by atoms with E-state index in [0.717, 1.165) is 11.1 Å². The number of ether oxygens (including phenoxy) is 2. The van der Waals surface area contributed by atoms with Crippen LogP contribution < -0.4 is 25.8 Å². The number of methoxy groups -OCH3 is 2. The lowest BCUT2D eigenvalue weighted by molar-refractivity contribution is -0.136. The Morgan fingerprint density at radius 1 is 0.900 bits per heavy atom. The van der Waals surface area contributed by atoms with Crippen molar-refractivity contribution in [3.63, 3.8) is 0 Å². The summed E-state index contributed by atoms with van der Waals surface area (Å²) >= 11 is 0. The minimum atomic E-state index is -0.775. The van der Waals surface area contributed by atoms with Crippen LogP contribution in [0.5, 0.6) is 11.5 Å². The molecule has 2 aromatic carbocycles. The number of imidazole rings is 1. The van der Waals surface area contributed by atoms with Crippen LogP contribution in [0.3, 0.4) is 0 Å². The summed E-state index contributed by atoms with van der Waals surface area (Å²) in [7, 11) is 6.44. The standard InChI is InChI=1S/C21H24N4O5/c1-24-15-7-6-14(12-16(15)25(2)21(24)28)23-20(27)19(26)22-10-9-13-5-8-17(29-3)18(11-13)30-4/h5-8,11-12H,9-10H2,1-4H3,(H,22,26)(H,23,27). The molecule has 0 aliphatic rings. The van der Waals surface area contributed by atoms with Crippen molar-refractivity contribution in [2.45, 2.75) is 6.42 Å². The summed E-state index contributed by atoms with van der Waals surface area (Å²) < 4.78 is 13.4. The van der Waals surface area contributed by atoms with Crippen molar-refractivity contribution in [1.82, 2.24) is 14.5 Å². The Hall–Kier alpha value is -3.75. The quantitative estimate of drug-likeness (QED) is 0.592. The lowest BCUT2D eigenvalue weighted by Gasteiger charge is -2.10. The van der Waals surface area contributed by atoms with Gasteiger partial charge < -0.3 is 20.1 Å². The average molecular weight is 412 g/mol. The highest BCUT2D eigenvalue weighted by atomic mass is 16.5. The molecule has 0 saturated carbocycles. The van der Waals surface area contributed by atoms with E-state index in [1.54, 1.807) is 52.6 Å². The monoisotopic (exact) mass is 412 g/mol. The van der Waals surface area contributed by atoms with E-state index in [4.69, 9.17) is 9.47 Å². The molecule has 158 valence electrons. The Kier molecular flexibility index (Phi) is 6.10. The van der Waals surface area contributed by atoms with Gasteiger partial charge in [0.1, 0.15) is 0 Å². The lowest BCUT2D eigenvalue weighted by Crippen LogP contribution is -2.36. The normalized spacial score (nSPS) is 10.7. The van der Waals surface area contributed by atoms with E-state index >= 15 is 0 Å². The molecule has 2 N–H and O–H groups in total. The average Bonchev–Trinajstić information content (AvgIpc) is 2.97. The Bertz CT molecular complexity index is 1160. The highest BCUT2D eigenvalue weighted by Gasteiger charge is 2.15. The fraction of sp³-hybridized carbons (Fsp3) is 0.286. The molecule has 0 unspecified atom stereocenters. The van der Waals surface area contributed by atoms with Crippen LogP contribution in [-0.4, -0.2) is 41.7 Å². The van der Waals surface area contributed by atoms with E-state index in [1.165, 1.54) is 9.13 Å². The summed E-state index contributed by atoms with van der Waals surface area (Å²) in [5.74, 6) is -0.289. The minimum Gasteiger partial charge on any atom is -0.493 e. The van der Waals surface area contributed by atoms with Gasteiger partial charge in [-0.15, -0.1) is 0 Å². The van der Waals surface area contributed by atoms with Crippen molar-refractivity contribution in [1.29, 1.82) is 0 Å². The van der Waals surface area contributed by atoms with Gasteiger partial charge in [0, 0.05) is 26.3 Å². The largest absolute Gasteiger partial charge is 0.493 e. The van der Waals surface area contributed by atoms with Gasteiger partial charge in [0.25, 0.3) is 0 Å². The van der Waals surface area contributed by atoms with Crippen molar-refractivity contribution in [2.75, 3.05) is 26.1 Å². The molecule has 0 bridgehead atoms. The molecule has 0 spiro atoms. The second-order valence-corrected chi connectivity index (χ2v) is 6.75. The first-order valence-corrected chi connectivity index (χ1v) is 9.31. The molecule has 9 nitrogen and oxygen atoms in total. The number of nitrogens with zero attached hydrogens (tertiary/aromatic N) is 2. The third-order valence-electron chi connectivity index (χ3n) is 4.88. The highest BCUT2D eigenvalue weighted by Crippen LogP contribution is 2.27. The molecule has 1 heterocycles. The summed E-state index contributed by atoms with van der Waals surface area (Å²) in [4.78, 5) is 36.3. The van der Waals surface area contributed by atoms with E-state index in [9.17, 15) is 14.4 Å². The molecule has 3 rings (SSSR count). The fourth-order valence-corrected chi connectivity index (χ4v) is 3.21. The van der Waals surface area contributed by atoms with Crippen LogP contribution >= 0.6 is 0 Å². The molecular weight excluding hydrogens is 388 g/mol. The molecule has 0 aliphatic carbocycles. The van der Waals surface area contributed by atoms with Gasteiger partial charge in [0.05, 0.1) is 25.3 Å². The van der Waals surface area contributed by atoms with Crippen molar-refractivity contribution >= 4 is 28.5 Å². The molecule has 9 heteroatoms. The van der Waals surface area contributed by atoms with Crippen molar-refractivity contribution < 1.29 is 19.1 Å². The maximum absolute atomic E-state index is 12.2. The maximum Gasteiger partial charge on any atom is 0.328 e. The Balaban J connectivity index is 1.59. The number of nitrogens with one attached hydrogen (secondary N) is 2. The number of carbonyl (C=O) groups excluding carboxylic acids is 2. The molecule has 2 amide bonds. The number of benzene rings is 2. The number of aryl methyl sites for hydroxylation is 2. The van der Waals surface area contributed by atoms with Gasteiger partial charge in [0.15, 0.2) is 11.5 Å². The summed E-state index contributed by atoms with van der Waals surface area (Å²) in [6, 6.07) is 10.5. The summed E-state index contributed by atoms with van der Waals surface area (Å²) in [6.07, 6.45) is 0.525. The molecule has 0 radical (unpaired) electrons. The highest BCUT2D eigenvalue weighted by molar-refractivity contribution is 6.39. The third-order valence-corrected chi connectivity index (χ3v) is 4.88. The van der Waals surface area contributed by atoms with Crippen LogP contribution in [0.4, 0.5) is 5.69 Å². The number of hydrogen-bond donors (Lipinski definition) is 2. The van der Waals surface area contributed by atoms with Gasteiger partial charge in [-0.25, -0.2) is 4.79 Å². The van der Waals surface area contributed by atoms with E-state index in [0.29, 0.717) is 29.1 Å². The van der Waals surface area contributed by atoms with Crippen molar-refractivity contribution in [3.05, 3.63) is 52.4 Å². The summed E-state index contributed by atoms with van der Waals surface area (Å²) in [5.41, 5.74) is 2.60. The third kappa shape index (κ3) is 4.14. The number of rotatable bonds is 6. The van der Waals surface area contributed by atoms with Gasteiger partial charge in [-0.1, -0.05) is 6.07 Å². The van der Waals surface area contributed by atoms with Gasteiger partial charge in [-0.3, -0.25) is 18.7 Å². The van der Waals surface area contributed by atoms with Crippen LogP contribution in [0.15, 0.2) is 41.2 Å². The SMILES string of the molecule is COc1ccc(CCNC(=O)C(=O)Nc2ccc3c(c2)n(C)c(=O)n3C)cc1OC. The Labute approximate surface area is 173 Å². The van der Waals surface area contributed by atoms with Crippen LogP contribution in [0, 0.1) is 0 Å². The molecule has 1 aromatic heterocycles. The van der Waals surface area contributed by atoms with Gasteiger partial charge >= 0.3 is 17.5 Å². The lowest BCUT2D eigenvalue weighted by atomic mass is 10.1. The summed E-state index contributed by atoms with van der Waals surface area (Å²) in [5, 5.41) is 5.16. The van der Waals surface area contributed by atoms with E-state index in [1.807, 2.05) is 12.1 Å². The number of amides is 2. The fourth-order valence-electron chi connectivity index (χ4n) is 3.21. The van der Waals surface area contributed by atoms with Crippen LogP contribution in [0.1, 0.15) is 5.56 Å². The number of carbonyl (C=O) groups is 2. The van der Waals surface area contributed by atoms with Gasteiger partial charge in [0.2, 0.25) is 0 Å². The topological polar surface area (TPSA) is 104 Å². The zero-order valence-electron chi connectivity index (χ0n) is 17.3. The van der Waals surface area contributed by atoms with Crippen molar-refractivity contribution in [3.8, 4) is 11.5 Å². The van der Waals surface area contributed by atoms with Gasteiger partial charge in [-0.2, -0.15) is 0 Å². The first-order valence-electron chi connectivity index (χ1n) is 9.31. The number of anilines is 1. The zero-order chi connectivity index (χ0) is 21.8. The van der Waals surface area contributed by atoms with E-state index in [2.05, 4.69) is 10.6 Å². The second-order valence-electron chi connectivity index (χ2n) is 6.75. The van der Waals surface area contributed by atoms with Crippen LogP contribution in [0.25, 0.3) is 11.0 Å². The van der Waals surface area contributed by atoms with E-state index < -0.39 is 11.8 Å². The first-order chi connectivity index (χ1) is 14.3. The van der Waals surface area contributed by atoms with Crippen LogP contribution in [-0.2, 0) is 30.1 Å². The molecular formula is C21H24N4O5. The second kappa shape index (κ2) is 8.73. The van der Waals surface area contributed by atoms with E-state index in [-0.39, 0.29) is 12.2 Å².